The number of aliphatic hydroxyl groups excluding tert-OH is 1. The lowest BCUT2D eigenvalue weighted by Crippen LogP contribution is -2.59. The molecule has 164 valence electrons. The second-order valence-corrected chi connectivity index (χ2v) is 9.07. The fourth-order valence-electron chi connectivity index (χ4n) is 4.46. The summed E-state index contributed by atoms with van der Waals surface area (Å²) in [6.07, 6.45) is -0.628. The van der Waals surface area contributed by atoms with Gasteiger partial charge >= 0.3 is 0 Å². The predicted octanol–water partition coefficient (Wildman–Crippen LogP) is 3.03. The summed E-state index contributed by atoms with van der Waals surface area (Å²) in [4.78, 5) is 31.4. The number of likely N-dealkylation sites (tertiary alicyclic amines) is 1. The summed E-state index contributed by atoms with van der Waals surface area (Å²) in [7, 11) is 0. The number of carbonyl (C=O) groups is 2. The van der Waals surface area contributed by atoms with Gasteiger partial charge in [0.15, 0.2) is 0 Å². The maximum Gasteiger partial charge on any atom is 0.253 e. The van der Waals surface area contributed by atoms with Crippen LogP contribution in [0, 0.1) is 0 Å². The van der Waals surface area contributed by atoms with Crippen molar-refractivity contribution < 1.29 is 14.7 Å². The molecule has 8 heteroatoms. The number of halogens is 2. The molecular weight excluding hydrogens is 437 g/mol. The highest BCUT2D eigenvalue weighted by Crippen LogP contribution is 2.24. The van der Waals surface area contributed by atoms with Crippen LogP contribution in [0.25, 0.3) is 0 Å². The van der Waals surface area contributed by atoms with Gasteiger partial charge in [-0.05, 0) is 55.5 Å². The van der Waals surface area contributed by atoms with Crippen molar-refractivity contribution in [1.29, 1.82) is 0 Å². The number of amides is 2. The van der Waals surface area contributed by atoms with E-state index in [4.69, 9.17) is 23.2 Å². The van der Waals surface area contributed by atoms with E-state index in [9.17, 15) is 14.7 Å². The number of nitrogens with zero attached hydrogens (tertiary/aromatic N) is 3. The lowest BCUT2D eigenvalue weighted by molar-refractivity contribution is 0.0117. The molecule has 0 radical (unpaired) electrons. The minimum Gasteiger partial charge on any atom is -0.390 e. The summed E-state index contributed by atoms with van der Waals surface area (Å²) in [5, 5.41) is 11.9. The Morgan fingerprint density at radius 2 is 1.32 bits per heavy atom. The third-order valence-electron chi connectivity index (χ3n) is 6.12. The molecule has 0 saturated carbocycles. The van der Waals surface area contributed by atoms with E-state index in [-0.39, 0.29) is 23.9 Å². The van der Waals surface area contributed by atoms with Gasteiger partial charge in [0.2, 0.25) is 0 Å². The van der Waals surface area contributed by atoms with Crippen LogP contribution in [-0.2, 0) is 0 Å². The molecular formula is C23H25Cl2N3O3. The second-order valence-electron chi connectivity index (χ2n) is 8.20. The van der Waals surface area contributed by atoms with Crippen LogP contribution in [0.15, 0.2) is 48.5 Å². The van der Waals surface area contributed by atoms with Gasteiger partial charge in [-0.25, -0.2) is 0 Å². The lowest BCUT2D eigenvalue weighted by atomic mass is 10.1. The molecule has 2 aromatic carbocycles. The first kappa shape index (κ1) is 22.1. The summed E-state index contributed by atoms with van der Waals surface area (Å²) < 4.78 is 0. The molecule has 2 fully saturated rings. The molecule has 0 aromatic heterocycles. The summed E-state index contributed by atoms with van der Waals surface area (Å²) >= 11 is 11.8. The van der Waals surface area contributed by atoms with E-state index < -0.39 is 6.10 Å². The van der Waals surface area contributed by atoms with Crippen LogP contribution in [0.4, 0.5) is 0 Å². The van der Waals surface area contributed by atoms with Gasteiger partial charge in [-0.1, -0.05) is 23.2 Å². The average molecular weight is 462 g/mol. The Morgan fingerprint density at radius 3 is 1.84 bits per heavy atom. The maximum atomic E-state index is 12.8. The van der Waals surface area contributed by atoms with Crippen LogP contribution in [-0.4, -0.2) is 82.5 Å². The fourth-order valence-corrected chi connectivity index (χ4v) is 4.71. The normalized spacial score (nSPS) is 24.5. The van der Waals surface area contributed by atoms with Crippen molar-refractivity contribution in [2.75, 3.05) is 32.7 Å². The molecule has 0 spiro atoms. The van der Waals surface area contributed by atoms with Crippen molar-refractivity contribution in [3.63, 3.8) is 0 Å². The largest absolute Gasteiger partial charge is 0.390 e. The van der Waals surface area contributed by atoms with Gasteiger partial charge in [-0.3, -0.25) is 14.5 Å². The minimum absolute atomic E-state index is 0.0188. The number of hydrogen-bond donors (Lipinski definition) is 1. The van der Waals surface area contributed by atoms with Crippen molar-refractivity contribution in [3.8, 4) is 0 Å². The van der Waals surface area contributed by atoms with Gasteiger partial charge in [-0.15, -0.1) is 0 Å². The van der Waals surface area contributed by atoms with E-state index >= 15 is 0 Å². The Labute approximate surface area is 191 Å². The smallest absolute Gasteiger partial charge is 0.253 e. The van der Waals surface area contributed by atoms with E-state index in [1.165, 1.54) is 0 Å². The van der Waals surface area contributed by atoms with E-state index in [0.717, 1.165) is 0 Å². The molecule has 0 bridgehead atoms. The number of benzene rings is 2. The first-order valence-corrected chi connectivity index (χ1v) is 11.1. The number of carbonyl (C=O) groups excluding carboxylic acids is 2. The average Bonchev–Trinajstić information content (AvgIpc) is 3.15. The number of aliphatic hydroxyl groups is 1. The van der Waals surface area contributed by atoms with Gasteiger partial charge < -0.3 is 14.9 Å². The Hall–Kier alpha value is -2.12. The number of rotatable bonds is 3. The Balaban J connectivity index is 1.39. The number of hydrogen-bond acceptors (Lipinski definition) is 4. The Kier molecular flexibility index (Phi) is 6.53. The van der Waals surface area contributed by atoms with Crippen LogP contribution in [0.2, 0.25) is 10.0 Å². The van der Waals surface area contributed by atoms with Gasteiger partial charge in [0, 0.05) is 59.9 Å². The standard InChI is InChI=1S/C23H25Cl2N3O3/c1-15-12-26(22(30)16-2-6-18(24)7-3-16)10-11-28(15)20-13-27(14-21(20)29)23(31)17-4-8-19(25)9-5-17/h2-9,15,20-21,29H,10-14H2,1H3/t15-,20?,21?/m0/s1. The zero-order valence-electron chi connectivity index (χ0n) is 17.2. The Morgan fingerprint density at radius 1 is 0.806 bits per heavy atom. The van der Waals surface area contributed by atoms with Crippen molar-refractivity contribution >= 4 is 35.0 Å². The minimum atomic E-state index is -0.628. The van der Waals surface area contributed by atoms with E-state index in [1.54, 1.807) is 53.4 Å². The van der Waals surface area contributed by atoms with Crippen molar-refractivity contribution in [2.45, 2.75) is 25.1 Å². The number of piperazine rings is 1. The van der Waals surface area contributed by atoms with E-state index in [1.807, 2.05) is 4.90 Å². The zero-order valence-corrected chi connectivity index (χ0v) is 18.8. The first-order chi connectivity index (χ1) is 14.8. The summed E-state index contributed by atoms with van der Waals surface area (Å²) in [6, 6.07) is 13.6. The van der Waals surface area contributed by atoms with Crippen molar-refractivity contribution in [3.05, 3.63) is 69.7 Å². The summed E-state index contributed by atoms with van der Waals surface area (Å²) in [6.45, 7) is 4.58. The van der Waals surface area contributed by atoms with Crippen LogP contribution >= 0.6 is 23.2 Å². The first-order valence-electron chi connectivity index (χ1n) is 10.4. The highest BCUT2D eigenvalue weighted by Gasteiger charge is 2.41. The maximum absolute atomic E-state index is 12.8. The lowest BCUT2D eigenvalue weighted by Gasteiger charge is -2.43. The van der Waals surface area contributed by atoms with Gasteiger partial charge in [0.1, 0.15) is 0 Å². The van der Waals surface area contributed by atoms with Crippen molar-refractivity contribution in [2.24, 2.45) is 0 Å². The van der Waals surface area contributed by atoms with Crippen LogP contribution in [0.3, 0.4) is 0 Å². The molecule has 31 heavy (non-hydrogen) atoms. The van der Waals surface area contributed by atoms with E-state index in [0.29, 0.717) is 53.9 Å². The van der Waals surface area contributed by atoms with Gasteiger partial charge in [0.05, 0.1) is 12.1 Å². The third kappa shape index (κ3) is 4.72. The molecule has 3 atom stereocenters. The molecule has 4 rings (SSSR count). The summed E-state index contributed by atoms with van der Waals surface area (Å²) in [5.41, 5.74) is 1.18. The van der Waals surface area contributed by atoms with E-state index in [2.05, 4.69) is 11.8 Å². The third-order valence-corrected chi connectivity index (χ3v) is 6.62. The Bertz CT molecular complexity index is 952. The molecule has 2 aromatic rings. The van der Waals surface area contributed by atoms with Gasteiger partial charge in [-0.2, -0.15) is 0 Å². The molecule has 1 N–H and O–H groups in total. The number of β-amino-alcohol motifs (C(OH)–C–C–N with tert-alkyl or cyclic N) is 1. The van der Waals surface area contributed by atoms with Crippen LogP contribution in [0.1, 0.15) is 27.6 Å². The fraction of sp³-hybridized carbons (Fsp3) is 0.391. The molecule has 2 unspecified atom stereocenters. The highest BCUT2D eigenvalue weighted by atomic mass is 35.5. The van der Waals surface area contributed by atoms with Crippen LogP contribution < -0.4 is 0 Å². The molecule has 0 aliphatic carbocycles. The highest BCUT2D eigenvalue weighted by molar-refractivity contribution is 6.31. The quantitative estimate of drug-likeness (QED) is 0.762. The van der Waals surface area contributed by atoms with Crippen molar-refractivity contribution in [1.82, 2.24) is 14.7 Å². The van der Waals surface area contributed by atoms with Gasteiger partial charge in [0.25, 0.3) is 11.8 Å². The molecule has 2 saturated heterocycles. The topological polar surface area (TPSA) is 64.1 Å². The molecule has 2 aliphatic rings. The predicted molar refractivity (Wildman–Crippen MR) is 121 cm³/mol. The summed E-state index contributed by atoms with van der Waals surface area (Å²) in [5.74, 6) is -0.128. The second kappa shape index (κ2) is 9.17. The zero-order chi connectivity index (χ0) is 22.1. The van der Waals surface area contributed by atoms with Crippen LogP contribution in [0.5, 0.6) is 0 Å². The molecule has 2 heterocycles. The monoisotopic (exact) mass is 461 g/mol. The molecule has 2 amide bonds. The molecule has 2 aliphatic heterocycles. The molecule has 6 nitrogen and oxygen atoms in total. The SMILES string of the molecule is C[C@H]1CN(C(=O)c2ccc(Cl)cc2)CCN1C1CN(C(=O)c2ccc(Cl)cc2)CC1O.